The van der Waals surface area contributed by atoms with Crippen molar-refractivity contribution < 1.29 is 23.5 Å². The Balaban J connectivity index is 1.18. The lowest BCUT2D eigenvalue weighted by atomic mass is 9.82. The van der Waals surface area contributed by atoms with Crippen LogP contribution in [-0.4, -0.2) is 53.0 Å². The normalized spacial score (nSPS) is 23.7. The number of hydrogen-bond donors (Lipinski definition) is 1. The summed E-state index contributed by atoms with van der Waals surface area (Å²) in [4.78, 5) is 31.3. The highest BCUT2D eigenvalue weighted by molar-refractivity contribution is 9.10. The molecule has 1 N–H and O–H groups in total. The van der Waals surface area contributed by atoms with Gasteiger partial charge in [0.1, 0.15) is 0 Å². The van der Waals surface area contributed by atoms with Gasteiger partial charge in [-0.05, 0) is 73.5 Å². The molecule has 4 aromatic rings. The van der Waals surface area contributed by atoms with Gasteiger partial charge in [-0.15, -0.1) is 5.10 Å². The summed E-state index contributed by atoms with van der Waals surface area (Å²) in [5.74, 6) is -0.542. The molecule has 4 heterocycles. The fraction of sp³-hybridized carbons (Fsp3) is 0.389. The zero-order chi connectivity index (χ0) is 33.8. The maximum atomic E-state index is 16.2. The molecule has 48 heavy (non-hydrogen) atoms. The van der Waals surface area contributed by atoms with Crippen molar-refractivity contribution in [2.24, 2.45) is 5.92 Å². The molecule has 3 aromatic carbocycles. The minimum atomic E-state index is -3.32. The molecule has 0 saturated carbocycles. The Bertz CT molecular complexity index is 1860. The molecule has 3 aliphatic heterocycles. The van der Waals surface area contributed by atoms with Crippen molar-refractivity contribution >= 4 is 53.2 Å². The Morgan fingerprint density at radius 3 is 2.58 bits per heavy atom. The number of aliphatic hydroxyl groups is 1. The first-order valence-corrected chi connectivity index (χ1v) is 20.2. The summed E-state index contributed by atoms with van der Waals surface area (Å²) in [5.41, 5.74) is 4.16. The van der Waals surface area contributed by atoms with E-state index in [0.717, 1.165) is 44.6 Å². The molecule has 12 heteroatoms. The van der Waals surface area contributed by atoms with Crippen molar-refractivity contribution in [3.63, 3.8) is 0 Å². The average Bonchev–Trinajstić information content (AvgIpc) is 3.70. The molecule has 1 aromatic heterocycles. The van der Waals surface area contributed by atoms with Gasteiger partial charge in [0.25, 0.3) is 5.91 Å². The van der Waals surface area contributed by atoms with Crippen LogP contribution in [0.5, 0.6) is 0 Å². The molecule has 0 unspecified atom stereocenters. The van der Waals surface area contributed by atoms with E-state index in [1.54, 1.807) is 33.8 Å². The first-order valence-electron chi connectivity index (χ1n) is 16.5. The van der Waals surface area contributed by atoms with Crippen molar-refractivity contribution in [3.05, 3.63) is 99.8 Å². The minimum absolute atomic E-state index is 0.0153. The second-order valence-electron chi connectivity index (χ2n) is 13.6. The number of carbonyl (C=O) groups is 2. The van der Waals surface area contributed by atoms with Gasteiger partial charge in [0.15, 0.2) is 5.60 Å². The highest BCUT2D eigenvalue weighted by atomic mass is 79.9. The molecule has 0 radical (unpaired) electrons. The fourth-order valence-corrected chi connectivity index (χ4v) is 10.9. The van der Waals surface area contributed by atoms with Crippen LogP contribution < -0.4 is 9.80 Å². The van der Waals surface area contributed by atoms with E-state index >= 15 is 4.11 Å². The van der Waals surface area contributed by atoms with Gasteiger partial charge in [-0.25, -0.2) is 0 Å². The highest BCUT2D eigenvalue weighted by Gasteiger charge is 2.66. The molecule has 1 spiro atoms. The van der Waals surface area contributed by atoms with Gasteiger partial charge >= 0.3 is 0 Å². The van der Waals surface area contributed by atoms with Crippen LogP contribution in [0.25, 0.3) is 0 Å². The van der Waals surface area contributed by atoms with Gasteiger partial charge in [0.2, 0.25) is 14.3 Å². The number of aryl methyl sites for hydroxylation is 2. The third-order valence-corrected chi connectivity index (χ3v) is 13.1. The highest BCUT2D eigenvalue weighted by Crippen LogP contribution is 2.60. The summed E-state index contributed by atoms with van der Waals surface area (Å²) in [7, 11) is -3.32. The first-order chi connectivity index (χ1) is 23.0. The third kappa shape index (κ3) is 5.62. The number of para-hydroxylation sites is 1. The summed E-state index contributed by atoms with van der Waals surface area (Å²) in [6.45, 7) is 6.09. The standard InChI is InChI=1S/C36H39BrFN5O4Si/c1-23-34(48(2,3)38)32(16-18-41-22-27(17-19-44)39-40-41)47-36(23)29-20-26(37)11-14-31(29)42(35(36)46)21-24-8-12-28(13-9-24)43-30-7-5-4-6-25(30)10-15-33(43)45/h4-9,11-14,20,22-23,32,34,44H,10,15-19,21H2,1-3H3/t23-,32+,34-,36+/m1/s1. The van der Waals surface area contributed by atoms with E-state index in [9.17, 15) is 14.7 Å². The first kappa shape index (κ1) is 32.8. The maximum absolute atomic E-state index is 16.2. The molecule has 0 bridgehead atoms. The lowest BCUT2D eigenvalue weighted by molar-refractivity contribution is -0.146. The Morgan fingerprint density at radius 2 is 1.83 bits per heavy atom. The Morgan fingerprint density at radius 1 is 1.06 bits per heavy atom. The monoisotopic (exact) mass is 731 g/mol. The second-order valence-corrected chi connectivity index (χ2v) is 18.3. The van der Waals surface area contributed by atoms with Gasteiger partial charge in [0, 0.05) is 59.4 Å². The SMILES string of the molecule is C[C@@H]1[C@@H]([Si](C)(C)F)[C@H](CCn2cc(CCO)nn2)O[C@@]12C(=O)N(Cc1ccc(N3C(=O)CCc4ccccc43)cc1)c1ccc(Br)cc12. The molecule has 4 atom stereocenters. The van der Waals surface area contributed by atoms with E-state index in [2.05, 4.69) is 32.3 Å². The lowest BCUT2D eigenvalue weighted by Crippen LogP contribution is -2.45. The molecule has 3 aliphatic rings. The summed E-state index contributed by atoms with van der Waals surface area (Å²) in [5, 5.41) is 17.6. The Kier molecular flexibility index (Phi) is 8.63. The topological polar surface area (TPSA) is 101 Å². The molecule has 9 nitrogen and oxygen atoms in total. The van der Waals surface area contributed by atoms with Crippen LogP contribution in [0.2, 0.25) is 18.6 Å². The zero-order valence-electron chi connectivity index (χ0n) is 27.3. The predicted octanol–water partition coefficient (Wildman–Crippen LogP) is 6.60. The van der Waals surface area contributed by atoms with E-state index in [4.69, 9.17) is 4.74 Å². The van der Waals surface area contributed by atoms with Crippen molar-refractivity contribution in [2.45, 2.75) is 76.0 Å². The molecule has 2 amide bonds. The predicted molar refractivity (Wildman–Crippen MR) is 187 cm³/mol. The average molecular weight is 733 g/mol. The Labute approximate surface area is 289 Å². The largest absolute Gasteiger partial charge is 0.396 e. The minimum Gasteiger partial charge on any atom is -0.396 e. The Hall–Kier alpha value is -3.71. The van der Waals surface area contributed by atoms with Crippen LogP contribution in [-0.2, 0) is 45.9 Å². The number of amides is 2. The molecule has 0 aliphatic carbocycles. The molecule has 1 fully saturated rings. The van der Waals surface area contributed by atoms with E-state index in [1.807, 2.05) is 67.6 Å². The lowest BCUT2D eigenvalue weighted by Gasteiger charge is -2.31. The van der Waals surface area contributed by atoms with E-state index in [1.165, 1.54) is 0 Å². The van der Waals surface area contributed by atoms with Crippen LogP contribution in [0.15, 0.2) is 77.4 Å². The summed E-state index contributed by atoms with van der Waals surface area (Å²) in [6, 6.07) is 21.5. The molecular weight excluding hydrogens is 693 g/mol. The number of fused-ring (bicyclic) bond motifs is 3. The zero-order valence-corrected chi connectivity index (χ0v) is 29.9. The summed E-state index contributed by atoms with van der Waals surface area (Å²) >= 11 is 3.61. The quantitative estimate of drug-likeness (QED) is 0.154. The number of halogens is 2. The maximum Gasteiger partial charge on any atom is 0.264 e. The summed E-state index contributed by atoms with van der Waals surface area (Å²) < 4.78 is 25.6. The second kappa shape index (κ2) is 12.6. The van der Waals surface area contributed by atoms with Crippen molar-refractivity contribution in [1.29, 1.82) is 0 Å². The summed E-state index contributed by atoms with van der Waals surface area (Å²) in [6.07, 6.45) is 3.35. The number of carbonyl (C=O) groups excluding carboxylic acids is 2. The van der Waals surface area contributed by atoms with Crippen LogP contribution >= 0.6 is 15.9 Å². The molecule has 250 valence electrons. The number of rotatable bonds is 9. The van der Waals surface area contributed by atoms with Gasteiger partial charge < -0.3 is 18.9 Å². The number of anilines is 3. The van der Waals surface area contributed by atoms with Crippen molar-refractivity contribution in [1.82, 2.24) is 15.0 Å². The number of aliphatic hydroxyl groups excluding tert-OH is 1. The van der Waals surface area contributed by atoms with E-state index in [-0.39, 0.29) is 18.4 Å². The van der Waals surface area contributed by atoms with Crippen LogP contribution in [0.3, 0.4) is 0 Å². The van der Waals surface area contributed by atoms with Crippen molar-refractivity contribution in [3.8, 4) is 0 Å². The van der Waals surface area contributed by atoms with Gasteiger partial charge in [-0.1, -0.05) is 58.4 Å². The molecule has 1 saturated heterocycles. The van der Waals surface area contributed by atoms with Crippen LogP contribution in [0.4, 0.5) is 21.2 Å². The van der Waals surface area contributed by atoms with Crippen molar-refractivity contribution in [2.75, 3.05) is 16.4 Å². The van der Waals surface area contributed by atoms with E-state index in [0.29, 0.717) is 38.0 Å². The third-order valence-electron chi connectivity index (χ3n) is 10.1. The van der Waals surface area contributed by atoms with Crippen LogP contribution in [0.1, 0.15) is 42.1 Å². The fourth-order valence-electron chi connectivity index (χ4n) is 8.03. The number of nitrogens with zero attached hydrogens (tertiary/aromatic N) is 5. The smallest absolute Gasteiger partial charge is 0.264 e. The molecular formula is C36H39BrFN5O4Si. The number of ether oxygens (including phenoxy) is 1. The van der Waals surface area contributed by atoms with Gasteiger partial charge in [-0.2, -0.15) is 0 Å². The van der Waals surface area contributed by atoms with Gasteiger partial charge in [0.05, 0.1) is 29.7 Å². The number of benzene rings is 3. The number of aromatic nitrogens is 3. The van der Waals surface area contributed by atoms with Crippen LogP contribution in [0, 0.1) is 5.92 Å². The number of hydrogen-bond acceptors (Lipinski definition) is 6. The van der Waals surface area contributed by atoms with Gasteiger partial charge in [-0.3, -0.25) is 19.2 Å². The molecule has 7 rings (SSSR count). The van der Waals surface area contributed by atoms with E-state index < -0.39 is 31.6 Å².